The van der Waals surface area contributed by atoms with E-state index in [9.17, 15) is 0 Å². The molecule has 3 N–H and O–H groups in total. The van der Waals surface area contributed by atoms with E-state index in [1.165, 1.54) is 30.6 Å². The van der Waals surface area contributed by atoms with Gasteiger partial charge in [-0.25, -0.2) is 0 Å². The second-order valence-electron chi connectivity index (χ2n) is 6.13. The Kier molecular flexibility index (Phi) is 4.54. The van der Waals surface area contributed by atoms with E-state index in [1.807, 2.05) is 17.8 Å². The molecule has 3 rings (SSSR count). The van der Waals surface area contributed by atoms with E-state index in [2.05, 4.69) is 30.5 Å². The van der Waals surface area contributed by atoms with Crippen molar-refractivity contribution in [2.24, 2.45) is 17.7 Å². The molecule has 0 aromatic heterocycles. The third-order valence-corrected chi connectivity index (χ3v) is 5.84. The predicted molar refractivity (Wildman–Crippen MR) is 83.8 cm³/mol. The van der Waals surface area contributed by atoms with Crippen LogP contribution in [0.1, 0.15) is 32.6 Å². The lowest BCUT2D eigenvalue weighted by Crippen LogP contribution is -2.53. The van der Waals surface area contributed by atoms with Crippen LogP contribution >= 0.6 is 11.8 Å². The molecule has 1 heterocycles. The topological polar surface area (TPSA) is 47.3 Å². The van der Waals surface area contributed by atoms with Crippen molar-refractivity contribution in [1.29, 1.82) is 0 Å². The number of nitrogens with one attached hydrogen (secondary N) is 1. The summed E-state index contributed by atoms with van der Waals surface area (Å²) in [4.78, 5) is 1.25. The number of ether oxygens (including phenoxy) is 1. The Balaban J connectivity index is 1.68. The number of hydrazine groups is 1. The van der Waals surface area contributed by atoms with Gasteiger partial charge in [0.2, 0.25) is 0 Å². The second-order valence-corrected chi connectivity index (χ2v) is 7.19. The number of thioether (sulfide) groups is 1. The number of para-hydroxylation sites is 1. The SMILES string of the molecule is CC1CCC(C(NN)C2CSc3ccccc3O2)CC1. The zero-order chi connectivity index (χ0) is 13.9. The zero-order valence-electron chi connectivity index (χ0n) is 12.0. The first kappa shape index (κ1) is 14.2. The van der Waals surface area contributed by atoms with E-state index in [1.54, 1.807) is 0 Å². The summed E-state index contributed by atoms with van der Waals surface area (Å²) in [5, 5.41) is 0. The molecule has 20 heavy (non-hydrogen) atoms. The molecule has 0 saturated heterocycles. The van der Waals surface area contributed by atoms with Gasteiger partial charge in [-0.3, -0.25) is 11.3 Å². The molecule has 0 bridgehead atoms. The molecule has 4 heteroatoms. The average molecular weight is 292 g/mol. The van der Waals surface area contributed by atoms with Crippen molar-refractivity contribution in [3.05, 3.63) is 24.3 Å². The largest absolute Gasteiger partial charge is 0.487 e. The maximum atomic E-state index is 6.20. The molecule has 1 aliphatic carbocycles. The van der Waals surface area contributed by atoms with Crippen LogP contribution < -0.4 is 16.0 Å². The van der Waals surface area contributed by atoms with Crippen molar-refractivity contribution >= 4 is 11.8 Å². The maximum Gasteiger partial charge on any atom is 0.133 e. The summed E-state index contributed by atoms with van der Waals surface area (Å²) in [6.07, 6.45) is 5.35. The molecule has 2 unspecified atom stereocenters. The van der Waals surface area contributed by atoms with Crippen LogP contribution in [0.5, 0.6) is 5.75 Å². The number of hydrogen-bond acceptors (Lipinski definition) is 4. The summed E-state index contributed by atoms with van der Waals surface area (Å²) in [6.45, 7) is 2.35. The van der Waals surface area contributed by atoms with E-state index in [0.717, 1.165) is 17.4 Å². The monoisotopic (exact) mass is 292 g/mol. The Morgan fingerprint density at radius 3 is 2.75 bits per heavy atom. The molecule has 1 aromatic carbocycles. The van der Waals surface area contributed by atoms with Crippen molar-refractivity contribution in [1.82, 2.24) is 5.43 Å². The van der Waals surface area contributed by atoms with Gasteiger partial charge in [0.1, 0.15) is 11.9 Å². The van der Waals surface area contributed by atoms with E-state index in [-0.39, 0.29) is 12.1 Å². The minimum absolute atomic E-state index is 0.179. The fourth-order valence-corrected chi connectivity index (χ4v) is 4.46. The van der Waals surface area contributed by atoms with E-state index in [0.29, 0.717) is 5.92 Å². The molecule has 0 spiro atoms. The molecule has 0 radical (unpaired) electrons. The van der Waals surface area contributed by atoms with Gasteiger partial charge in [0.05, 0.1) is 6.04 Å². The van der Waals surface area contributed by atoms with Crippen molar-refractivity contribution < 1.29 is 4.74 Å². The molecule has 2 atom stereocenters. The minimum atomic E-state index is 0.179. The van der Waals surface area contributed by atoms with Crippen LogP contribution in [-0.4, -0.2) is 17.9 Å². The van der Waals surface area contributed by atoms with E-state index >= 15 is 0 Å². The number of fused-ring (bicyclic) bond motifs is 1. The summed E-state index contributed by atoms with van der Waals surface area (Å²) in [5.41, 5.74) is 3.05. The van der Waals surface area contributed by atoms with Gasteiger partial charge >= 0.3 is 0 Å². The Morgan fingerprint density at radius 2 is 2.00 bits per heavy atom. The molecule has 0 amide bonds. The molecule has 110 valence electrons. The molecule has 1 aromatic rings. The van der Waals surface area contributed by atoms with E-state index < -0.39 is 0 Å². The summed E-state index contributed by atoms with van der Waals surface area (Å²) in [7, 11) is 0. The lowest BCUT2D eigenvalue weighted by atomic mass is 9.78. The number of benzene rings is 1. The van der Waals surface area contributed by atoms with Crippen molar-refractivity contribution in [3.8, 4) is 5.75 Å². The summed E-state index contributed by atoms with van der Waals surface area (Å²) < 4.78 is 6.20. The standard InChI is InChI=1S/C16H24N2OS/c1-11-6-8-12(9-7-11)16(18-17)14-10-20-15-5-3-2-4-13(15)19-14/h2-5,11-12,14,16,18H,6-10,17H2,1H3. The highest BCUT2D eigenvalue weighted by atomic mass is 32.2. The Hall–Kier alpha value is -0.710. The van der Waals surface area contributed by atoms with Gasteiger partial charge in [-0.2, -0.15) is 0 Å². The number of rotatable bonds is 3. The van der Waals surface area contributed by atoms with Crippen molar-refractivity contribution in [3.63, 3.8) is 0 Å². The first-order valence-electron chi connectivity index (χ1n) is 7.62. The summed E-state index contributed by atoms with van der Waals surface area (Å²) in [5.74, 6) is 9.36. The Morgan fingerprint density at radius 1 is 1.25 bits per heavy atom. The average Bonchev–Trinajstić information content (AvgIpc) is 2.50. The third kappa shape index (κ3) is 2.97. The quantitative estimate of drug-likeness (QED) is 0.663. The van der Waals surface area contributed by atoms with Gasteiger partial charge in [-0.15, -0.1) is 11.8 Å². The van der Waals surface area contributed by atoms with Gasteiger partial charge in [-0.1, -0.05) is 31.9 Å². The van der Waals surface area contributed by atoms with Gasteiger partial charge in [0.15, 0.2) is 0 Å². The van der Waals surface area contributed by atoms with Crippen LogP contribution in [0.2, 0.25) is 0 Å². The van der Waals surface area contributed by atoms with Gasteiger partial charge in [0.25, 0.3) is 0 Å². The smallest absolute Gasteiger partial charge is 0.133 e. The van der Waals surface area contributed by atoms with Gasteiger partial charge < -0.3 is 4.74 Å². The van der Waals surface area contributed by atoms with Crippen LogP contribution in [0, 0.1) is 11.8 Å². The van der Waals surface area contributed by atoms with Crippen LogP contribution in [0.3, 0.4) is 0 Å². The fraction of sp³-hybridized carbons (Fsp3) is 0.625. The lowest BCUT2D eigenvalue weighted by Gasteiger charge is -2.38. The summed E-state index contributed by atoms with van der Waals surface area (Å²) >= 11 is 1.88. The molecule has 1 aliphatic heterocycles. The van der Waals surface area contributed by atoms with Crippen molar-refractivity contribution in [2.45, 2.75) is 49.6 Å². The lowest BCUT2D eigenvalue weighted by molar-refractivity contribution is 0.107. The van der Waals surface area contributed by atoms with Crippen LogP contribution in [0.4, 0.5) is 0 Å². The first-order valence-corrected chi connectivity index (χ1v) is 8.61. The molecule has 1 fully saturated rings. The van der Waals surface area contributed by atoms with E-state index in [4.69, 9.17) is 10.6 Å². The molecule has 1 saturated carbocycles. The zero-order valence-corrected chi connectivity index (χ0v) is 12.9. The Bertz CT molecular complexity index is 446. The third-order valence-electron chi connectivity index (χ3n) is 4.69. The van der Waals surface area contributed by atoms with Crippen LogP contribution in [0.25, 0.3) is 0 Å². The molecular weight excluding hydrogens is 268 g/mol. The minimum Gasteiger partial charge on any atom is -0.487 e. The first-order chi connectivity index (χ1) is 9.78. The van der Waals surface area contributed by atoms with Crippen LogP contribution in [0.15, 0.2) is 29.2 Å². The normalized spacial score (nSPS) is 31.2. The molecule has 3 nitrogen and oxygen atoms in total. The number of hydrogen-bond donors (Lipinski definition) is 2. The van der Waals surface area contributed by atoms with Crippen molar-refractivity contribution in [2.75, 3.05) is 5.75 Å². The highest BCUT2D eigenvalue weighted by molar-refractivity contribution is 7.99. The Labute approximate surface area is 125 Å². The highest BCUT2D eigenvalue weighted by Gasteiger charge is 2.34. The molecular formula is C16H24N2OS. The molecule has 2 aliphatic rings. The fourth-order valence-electron chi connectivity index (χ4n) is 3.40. The van der Waals surface area contributed by atoms with Gasteiger partial charge in [-0.05, 0) is 36.8 Å². The number of nitrogens with two attached hydrogens (primary N) is 1. The van der Waals surface area contributed by atoms with Gasteiger partial charge in [0, 0.05) is 10.6 Å². The van der Waals surface area contributed by atoms with Crippen LogP contribution in [-0.2, 0) is 0 Å². The highest BCUT2D eigenvalue weighted by Crippen LogP contribution is 2.38. The summed E-state index contributed by atoms with van der Waals surface area (Å²) in [6, 6.07) is 8.56. The predicted octanol–water partition coefficient (Wildman–Crippen LogP) is 3.20. The maximum absolute atomic E-state index is 6.20. The second kappa shape index (κ2) is 6.37.